The molecule has 1 aromatic carbocycles. The molecule has 8 heteroatoms. The minimum atomic E-state index is -1.27. The summed E-state index contributed by atoms with van der Waals surface area (Å²) in [6, 6.07) is 5.34. The first-order valence-electron chi connectivity index (χ1n) is 7.52. The number of hydrogen-bond donors (Lipinski definition) is 2. The van der Waals surface area contributed by atoms with Crippen molar-refractivity contribution >= 4 is 11.8 Å². The second kappa shape index (κ2) is 6.58. The van der Waals surface area contributed by atoms with Crippen molar-refractivity contribution in [2.45, 2.75) is 30.6 Å². The summed E-state index contributed by atoms with van der Waals surface area (Å²) in [4.78, 5) is 26.3. The molecule has 2 aliphatic rings. The lowest BCUT2D eigenvalue weighted by atomic mass is 9.95. The molecule has 2 unspecified atom stereocenters. The zero-order valence-electron chi connectivity index (χ0n) is 13.3. The number of rotatable bonds is 4. The Labute approximate surface area is 138 Å². The smallest absolute Gasteiger partial charge is 0.262 e. The molecule has 8 nitrogen and oxygen atoms in total. The third kappa shape index (κ3) is 2.43. The number of methoxy groups -OCH3 is 2. The quantitative estimate of drug-likeness (QED) is 0.706. The Kier molecular flexibility index (Phi) is 4.66. The van der Waals surface area contributed by atoms with Crippen molar-refractivity contribution in [1.29, 1.82) is 0 Å². The van der Waals surface area contributed by atoms with E-state index in [1.807, 2.05) is 0 Å². The summed E-state index contributed by atoms with van der Waals surface area (Å²) in [5, 5.41) is 20.1. The van der Waals surface area contributed by atoms with Crippen molar-refractivity contribution in [3.63, 3.8) is 0 Å². The predicted octanol–water partition coefficient (Wildman–Crippen LogP) is -0.609. The summed E-state index contributed by atoms with van der Waals surface area (Å²) < 4.78 is 16.0. The summed E-state index contributed by atoms with van der Waals surface area (Å²) >= 11 is 0. The Bertz CT molecular complexity index is 614. The van der Waals surface area contributed by atoms with Crippen LogP contribution >= 0.6 is 0 Å². The number of aliphatic hydroxyl groups is 2. The highest BCUT2D eigenvalue weighted by Gasteiger charge is 2.53. The molecule has 3 rings (SSSR count). The van der Waals surface area contributed by atoms with Gasteiger partial charge >= 0.3 is 0 Å². The molecule has 2 N–H and O–H groups in total. The average molecular weight is 337 g/mol. The van der Waals surface area contributed by atoms with Crippen LogP contribution in [-0.4, -0.2) is 78.4 Å². The fourth-order valence-corrected chi connectivity index (χ4v) is 3.29. The molecule has 24 heavy (non-hydrogen) atoms. The van der Waals surface area contributed by atoms with E-state index < -0.39 is 49.1 Å². The van der Waals surface area contributed by atoms with Crippen molar-refractivity contribution in [2.24, 2.45) is 0 Å². The van der Waals surface area contributed by atoms with Crippen LogP contribution in [0.15, 0.2) is 24.3 Å². The lowest BCUT2D eigenvalue weighted by Gasteiger charge is -2.45. The summed E-state index contributed by atoms with van der Waals surface area (Å²) in [6.45, 7) is -0.399. The number of amides is 2. The van der Waals surface area contributed by atoms with Gasteiger partial charge in [0.15, 0.2) is 6.29 Å². The predicted molar refractivity (Wildman–Crippen MR) is 80.3 cm³/mol. The van der Waals surface area contributed by atoms with Gasteiger partial charge in [-0.1, -0.05) is 12.1 Å². The van der Waals surface area contributed by atoms with Crippen LogP contribution < -0.4 is 0 Å². The molecular weight excluding hydrogens is 318 g/mol. The summed E-state index contributed by atoms with van der Waals surface area (Å²) in [5.41, 5.74) is 0.533. The van der Waals surface area contributed by atoms with Crippen molar-refractivity contribution in [3.8, 4) is 0 Å². The molecule has 0 saturated carbocycles. The molecule has 130 valence electrons. The molecule has 0 radical (unpaired) electrons. The third-order valence-corrected chi connectivity index (χ3v) is 4.45. The van der Waals surface area contributed by atoms with E-state index in [0.29, 0.717) is 0 Å². The van der Waals surface area contributed by atoms with Crippen LogP contribution in [0.1, 0.15) is 20.7 Å². The maximum Gasteiger partial charge on any atom is 0.262 e. The number of carbonyl (C=O) groups excluding carboxylic acids is 2. The Hall–Kier alpha value is -1.84. The van der Waals surface area contributed by atoms with Gasteiger partial charge in [-0.3, -0.25) is 14.5 Å². The van der Waals surface area contributed by atoms with Gasteiger partial charge in [0, 0.05) is 14.2 Å². The van der Waals surface area contributed by atoms with Crippen LogP contribution in [0.25, 0.3) is 0 Å². The Balaban J connectivity index is 1.98. The molecule has 0 bridgehead atoms. The Morgan fingerprint density at radius 1 is 1.12 bits per heavy atom. The normalized spacial score (nSPS) is 33.0. The molecule has 1 fully saturated rings. The number of ether oxygens (including phenoxy) is 3. The monoisotopic (exact) mass is 337 g/mol. The second-order valence-electron chi connectivity index (χ2n) is 5.67. The van der Waals surface area contributed by atoms with E-state index in [9.17, 15) is 19.8 Å². The number of nitrogens with zero attached hydrogens (tertiary/aromatic N) is 1. The molecule has 5 atom stereocenters. The second-order valence-corrected chi connectivity index (χ2v) is 5.67. The fourth-order valence-electron chi connectivity index (χ4n) is 3.29. The molecule has 0 aliphatic carbocycles. The first-order chi connectivity index (χ1) is 11.5. The Morgan fingerprint density at radius 3 is 2.17 bits per heavy atom. The number of hydrogen-bond acceptors (Lipinski definition) is 7. The van der Waals surface area contributed by atoms with Crippen molar-refractivity contribution in [3.05, 3.63) is 35.4 Å². The topological polar surface area (TPSA) is 106 Å². The highest BCUT2D eigenvalue weighted by Crippen LogP contribution is 2.33. The van der Waals surface area contributed by atoms with Gasteiger partial charge in [-0.25, -0.2) is 0 Å². The SMILES string of the molecule is COC1OC(CO)[C@@H](OC)[C@H](O)[C@@H]1N1C(=O)c2ccccc2C1=O. The molecule has 2 heterocycles. The van der Waals surface area contributed by atoms with Crippen LogP contribution in [0.5, 0.6) is 0 Å². The van der Waals surface area contributed by atoms with E-state index in [-0.39, 0.29) is 11.1 Å². The minimum absolute atomic E-state index is 0.266. The lowest BCUT2D eigenvalue weighted by molar-refractivity contribution is -0.276. The molecular formula is C16H19NO7. The van der Waals surface area contributed by atoms with E-state index >= 15 is 0 Å². The summed E-state index contributed by atoms with van der Waals surface area (Å²) in [7, 11) is 2.69. The first kappa shape index (κ1) is 17.0. The van der Waals surface area contributed by atoms with Gasteiger partial charge in [-0.15, -0.1) is 0 Å². The molecule has 0 spiro atoms. The fraction of sp³-hybridized carbons (Fsp3) is 0.500. The maximum absolute atomic E-state index is 12.7. The highest BCUT2D eigenvalue weighted by molar-refractivity contribution is 6.21. The van der Waals surface area contributed by atoms with E-state index in [4.69, 9.17) is 14.2 Å². The van der Waals surface area contributed by atoms with Crippen LogP contribution in [0.3, 0.4) is 0 Å². The number of aliphatic hydroxyl groups excluding tert-OH is 2. The van der Waals surface area contributed by atoms with Gasteiger partial charge in [0.25, 0.3) is 11.8 Å². The highest BCUT2D eigenvalue weighted by atomic mass is 16.7. The number of imide groups is 1. The van der Waals surface area contributed by atoms with Crippen molar-refractivity contribution in [1.82, 2.24) is 4.90 Å². The van der Waals surface area contributed by atoms with Crippen molar-refractivity contribution < 1.29 is 34.0 Å². The van der Waals surface area contributed by atoms with E-state index in [0.717, 1.165) is 4.90 Å². The zero-order chi connectivity index (χ0) is 17.4. The molecule has 1 aromatic rings. The molecule has 2 amide bonds. The van der Waals surface area contributed by atoms with Gasteiger partial charge < -0.3 is 24.4 Å². The van der Waals surface area contributed by atoms with Crippen molar-refractivity contribution in [2.75, 3.05) is 20.8 Å². The van der Waals surface area contributed by atoms with Gasteiger partial charge in [0.05, 0.1) is 17.7 Å². The van der Waals surface area contributed by atoms with Gasteiger partial charge in [0.1, 0.15) is 24.4 Å². The van der Waals surface area contributed by atoms with Gasteiger partial charge in [0.2, 0.25) is 0 Å². The average Bonchev–Trinajstić information content (AvgIpc) is 2.85. The molecule has 2 aliphatic heterocycles. The Morgan fingerprint density at radius 2 is 1.71 bits per heavy atom. The maximum atomic E-state index is 12.7. The van der Waals surface area contributed by atoms with E-state index in [2.05, 4.69) is 0 Å². The largest absolute Gasteiger partial charge is 0.394 e. The molecule has 1 saturated heterocycles. The van der Waals surface area contributed by atoms with Crippen LogP contribution in [0.4, 0.5) is 0 Å². The number of carbonyl (C=O) groups is 2. The number of fused-ring (bicyclic) bond motifs is 1. The zero-order valence-corrected chi connectivity index (χ0v) is 13.3. The van der Waals surface area contributed by atoms with E-state index in [1.165, 1.54) is 14.2 Å². The van der Waals surface area contributed by atoms with Crippen LogP contribution in [0, 0.1) is 0 Å². The minimum Gasteiger partial charge on any atom is -0.394 e. The van der Waals surface area contributed by atoms with Gasteiger partial charge in [-0.2, -0.15) is 0 Å². The summed E-state index contributed by atoms with van der Waals surface area (Å²) in [6.07, 6.45) is -4.09. The summed E-state index contributed by atoms with van der Waals surface area (Å²) in [5.74, 6) is -1.05. The van der Waals surface area contributed by atoms with E-state index in [1.54, 1.807) is 24.3 Å². The number of benzene rings is 1. The lowest BCUT2D eigenvalue weighted by Crippen LogP contribution is -2.66. The van der Waals surface area contributed by atoms with Crippen LogP contribution in [0.2, 0.25) is 0 Å². The standard InChI is InChI=1S/C16H19NO7/c1-22-13-10(7-18)24-16(23-2)11(12(13)19)17-14(20)8-5-3-4-6-9(8)15(17)21/h3-6,10-13,16,18-19H,7H2,1-2H3/t10?,11-,12+,13+,16?/m0/s1. The third-order valence-electron chi connectivity index (χ3n) is 4.45. The molecule has 0 aromatic heterocycles. The van der Waals surface area contributed by atoms with Crippen LogP contribution in [-0.2, 0) is 14.2 Å². The first-order valence-corrected chi connectivity index (χ1v) is 7.52. The van der Waals surface area contributed by atoms with Gasteiger partial charge in [-0.05, 0) is 12.1 Å².